The monoisotopic (exact) mass is 358 g/mol. The average molecular weight is 358 g/mol. The largest absolute Gasteiger partial charge is 0.494 e. The highest BCUT2D eigenvalue weighted by molar-refractivity contribution is 5.84. The van der Waals surface area contributed by atoms with Gasteiger partial charge in [-0.15, -0.1) is 0 Å². The zero-order chi connectivity index (χ0) is 18.8. The molecule has 0 heterocycles. The molecule has 0 radical (unpaired) electrons. The topological polar surface area (TPSA) is 61.8 Å². The van der Waals surface area contributed by atoms with Gasteiger partial charge in [0.05, 0.1) is 20.8 Å². The SMILES string of the molecule is COC(=O)CCCCCOc1ccc2cc(CCC(=O)OC)ccc2c1. The first kappa shape index (κ1) is 19.8. The summed E-state index contributed by atoms with van der Waals surface area (Å²) >= 11 is 0. The molecule has 0 atom stereocenters. The van der Waals surface area contributed by atoms with Crippen molar-refractivity contribution < 1.29 is 23.8 Å². The van der Waals surface area contributed by atoms with Crippen molar-refractivity contribution >= 4 is 22.7 Å². The number of ether oxygens (including phenoxy) is 3. The molecule has 0 saturated heterocycles. The quantitative estimate of drug-likeness (QED) is 0.473. The molecule has 0 N–H and O–H groups in total. The first-order valence-electron chi connectivity index (χ1n) is 8.91. The lowest BCUT2D eigenvalue weighted by atomic mass is 10.0. The first-order valence-corrected chi connectivity index (χ1v) is 8.91. The number of aryl methyl sites for hydroxylation is 1. The number of hydrogen-bond acceptors (Lipinski definition) is 5. The molecule has 0 spiro atoms. The van der Waals surface area contributed by atoms with Gasteiger partial charge in [0.1, 0.15) is 5.75 Å². The predicted octanol–water partition coefficient (Wildman–Crippen LogP) is 4.06. The van der Waals surface area contributed by atoms with Crippen LogP contribution in [0.1, 0.15) is 37.7 Å². The van der Waals surface area contributed by atoms with Crippen molar-refractivity contribution in [1.29, 1.82) is 0 Å². The van der Waals surface area contributed by atoms with E-state index in [4.69, 9.17) is 4.74 Å². The van der Waals surface area contributed by atoms with E-state index in [1.165, 1.54) is 14.2 Å². The fourth-order valence-corrected chi connectivity index (χ4v) is 2.71. The van der Waals surface area contributed by atoms with Crippen LogP contribution >= 0.6 is 0 Å². The molecule has 0 fully saturated rings. The fraction of sp³-hybridized carbons (Fsp3) is 0.429. The molecule has 2 aromatic carbocycles. The van der Waals surface area contributed by atoms with Crippen LogP contribution in [-0.4, -0.2) is 32.8 Å². The predicted molar refractivity (Wildman–Crippen MR) is 100 cm³/mol. The second kappa shape index (κ2) is 10.4. The van der Waals surface area contributed by atoms with Crippen molar-refractivity contribution in [2.75, 3.05) is 20.8 Å². The lowest BCUT2D eigenvalue weighted by Gasteiger charge is -2.08. The normalized spacial score (nSPS) is 10.5. The Morgan fingerprint density at radius 2 is 1.50 bits per heavy atom. The van der Waals surface area contributed by atoms with E-state index in [9.17, 15) is 9.59 Å². The minimum atomic E-state index is -0.194. The van der Waals surface area contributed by atoms with E-state index >= 15 is 0 Å². The zero-order valence-corrected chi connectivity index (χ0v) is 15.5. The third kappa shape index (κ3) is 6.39. The maximum absolute atomic E-state index is 11.2. The van der Waals surface area contributed by atoms with Gasteiger partial charge in [0, 0.05) is 12.8 Å². The van der Waals surface area contributed by atoms with Gasteiger partial charge >= 0.3 is 11.9 Å². The highest BCUT2D eigenvalue weighted by atomic mass is 16.5. The summed E-state index contributed by atoms with van der Waals surface area (Å²) in [6.45, 7) is 0.629. The van der Waals surface area contributed by atoms with E-state index in [1.807, 2.05) is 30.3 Å². The van der Waals surface area contributed by atoms with Crippen LogP contribution in [0.3, 0.4) is 0 Å². The van der Waals surface area contributed by atoms with Gasteiger partial charge in [-0.05, 0) is 54.2 Å². The second-order valence-corrected chi connectivity index (χ2v) is 6.15. The van der Waals surface area contributed by atoms with Gasteiger partial charge in [-0.3, -0.25) is 9.59 Å². The molecule has 0 aromatic heterocycles. The Morgan fingerprint density at radius 3 is 2.27 bits per heavy atom. The Bertz CT molecular complexity index is 738. The Morgan fingerprint density at radius 1 is 0.808 bits per heavy atom. The van der Waals surface area contributed by atoms with Crippen LogP contribution < -0.4 is 4.74 Å². The number of methoxy groups -OCH3 is 2. The third-order valence-corrected chi connectivity index (χ3v) is 4.24. The van der Waals surface area contributed by atoms with Crippen molar-refractivity contribution in [3.8, 4) is 5.75 Å². The van der Waals surface area contributed by atoms with Crippen LogP contribution in [0.5, 0.6) is 5.75 Å². The van der Waals surface area contributed by atoms with Crippen molar-refractivity contribution in [2.24, 2.45) is 0 Å². The van der Waals surface area contributed by atoms with Crippen LogP contribution in [-0.2, 0) is 25.5 Å². The van der Waals surface area contributed by atoms with Crippen LogP contribution in [0.2, 0.25) is 0 Å². The highest BCUT2D eigenvalue weighted by Crippen LogP contribution is 2.23. The Labute approximate surface area is 154 Å². The average Bonchev–Trinajstić information content (AvgIpc) is 2.68. The smallest absolute Gasteiger partial charge is 0.305 e. The lowest BCUT2D eigenvalue weighted by Crippen LogP contribution is -2.02. The zero-order valence-electron chi connectivity index (χ0n) is 15.5. The maximum atomic E-state index is 11.2. The molecule has 5 heteroatoms. The van der Waals surface area contributed by atoms with Crippen LogP contribution in [0.4, 0.5) is 0 Å². The van der Waals surface area contributed by atoms with Crippen molar-refractivity contribution in [3.05, 3.63) is 42.0 Å². The molecule has 2 aromatic rings. The van der Waals surface area contributed by atoms with Gasteiger partial charge in [-0.2, -0.15) is 0 Å². The van der Waals surface area contributed by atoms with Crippen molar-refractivity contribution in [2.45, 2.75) is 38.5 Å². The number of carbonyl (C=O) groups is 2. The van der Waals surface area contributed by atoms with Gasteiger partial charge in [-0.25, -0.2) is 0 Å². The van der Waals surface area contributed by atoms with E-state index in [0.717, 1.165) is 41.3 Å². The molecule has 0 aliphatic heterocycles. The molecule has 2 rings (SSSR count). The summed E-state index contributed by atoms with van der Waals surface area (Å²) in [6.07, 6.45) is 4.19. The van der Waals surface area contributed by atoms with Crippen molar-refractivity contribution in [3.63, 3.8) is 0 Å². The summed E-state index contributed by atoms with van der Waals surface area (Å²) in [5.41, 5.74) is 1.11. The lowest BCUT2D eigenvalue weighted by molar-refractivity contribution is -0.141. The molecular formula is C21H26O5. The van der Waals surface area contributed by atoms with E-state index in [2.05, 4.69) is 15.5 Å². The van der Waals surface area contributed by atoms with E-state index in [1.54, 1.807) is 0 Å². The summed E-state index contributed by atoms with van der Waals surface area (Å²) in [5, 5.41) is 2.23. The summed E-state index contributed by atoms with van der Waals surface area (Å²) in [6, 6.07) is 12.2. The second-order valence-electron chi connectivity index (χ2n) is 6.15. The standard InChI is InChI=1S/C21H26O5/c1-24-20(22)6-4-3-5-13-26-19-11-10-17-14-16(7-9-18(17)15-19)8-12-21(23)25-2/h7,9-11,14-15H,3-6,8,12-13H2,1-2H3. The van der Waals surface area contributed by atoms with Crippen molar-refractivity contribution in [1.82, 2.24) is 0 Å². The Balaban J connectivity index is 1.81. The minimum Gasteiger partial charge on any atom is -0.494 e. The van der Waals surface area contributed by atoms with Gasteiger partial charge in [0.25, 0.3) is 0 Å². The maximum Gasteiger partial charge on any atom is 0.305 e. The molecule has 140 valence electrons. The Hall–Kier alpha value is -2.56. The molecular weight excluding hydrogens is 332 g/mol. The molecule has 0 amide bonds. The third-order valence-electron chi connectivity index (χ3n) is 4.24. The number of benzene rings is 2. The molecule has 0 unspecified atom stereocenters. The van der Waals surface area contributed by atoms with Gasteiger partial charge in [0.15, 0.2) is 0 Å². The summed E-state index contributed by atoms with van der Waals surface area (Å²) < 4.78 is 15.1. The molecule has 26 heavy (non-hydrogen) atoms. The number of carbonyl (C=O) groups excluding carboxylic acids is 2. The van der Waals surface area contributed by atoms with Gasteiger partial charge in [-0.1, -0.05) is 24.3 Å². The Kier molecular flexibility index (Phi) is 7.93. The molecule has 0 aliphatic carbocycles. The van der Waals surface area contributed by atoms with Crippen LogP contribution in [0.25, 0.3) is 10.8 Å². The van der Waals surface area contributed by atoms with Gasteiger partial charge in [0.2, 0.25) is 0 Å². The van der Waals surface area contributed by atoms with E-state index in [0.29, 0.717) is 25.9 Å². The number of hydrogen-bond donors (Lipinski definition) is 0. The van der Waals surface area contributed by atoms with E-state index < -0.39 is 0 Å². The molecule has 0 aliphatic rings. The summed E-state index contributed by atoms with van der Waals surface area (Å²) in [5.74, 6) is 0.486. The fourth-order valence-electron chi connectivity index (χ4n) is 2.71. The number of fused-ring (bicyclic) bond motifs is 1. The number of unbranched alkanes of at least 4 members (excludes halogenated alkanes) is 2. The van der Waals surface area contributed by atoms with Crippen LogP contribution in [0, 0.1) is 0 Å². The summed E-state index contributed by atoms with van der Waals surface area (Å²) in [7, 11) is 2.82. The van der Waals surface area contributed by atoms with Crippen LogP contribution in [0.15, 0.2) is 36.4 Å². The number of esters is 2. The molecule has 0 bridgehead atoms. The minimum absolute atomic E-state index is 0.161. The first-order chi connectivity index (χ1) is 12.6. The highest BCUT2D eigenvalue weighted by Gasteiger charge is 2.04. The van der Waals surface area contributed by atoms with Gasteiger partial charge < -0.3 is 14.2 Å². The molecule has 0 saturated carbocycles. The molecule has 5 nitrogen and oxygen atoms in total. The van der Waals surface area contributed by atoms with E-state index in [-0.39, 0.29) is 11.9 Å². The summed E-state index contributed by atoms with van der Waals surface area (Å²) in [4.78, 5) is 22.3. The number of rotatable bonds is 10.